The highest BCUT2D eigenvalue weighted by molar-refractivity contribution is 5.78. The normalized spacial score (nSPS) is 31.2. The second-order valence-electron chi connectivity index (χ2n) is 8.95. The third-order valence-corrected chi connectivity index (χ3v) is 8.07. The van der Waals surface area contributed by atoms with Crippen LogP contribution in [0.5, 0.6) is 0 Å². The van der Waals surface area contributed by atoms with E-state index in [0.717, 1.165) is 24.2 Å². The minimum Gasteiger partial charge on any atom is -0.453 e. The first-order valence-electron chi connectivity index (χ1n) is 11.0. The van der Waals surface area contributed by atoms with E-state index in [4.69, 9.17) is 9.47 Å². The van der Waals surface area contributed by atoms with E-state index in [1.54, 1.807) is 9.80 Å². The van der Waals surface area contributed by atoms with Gasteiger partial charge < -0.3 is 20.1 Å². The van der Waals surface area contributed by atoms with Crippen molar-refractivity contribution in [3.8, 4) is 0 Å². The van der Waals surface area contributed by atoms with Crippen molar-refractivity contribution in [1.29, 1.82) is 0 Å². The molecule has 166 valence electrons. The van der Waals surface area contributed by atoms with Crippen molar-refractivity contribution in [3.63, 3.8) is 0 Å². The van der Waals surface area contributed by atoms with Gasteiger partial charge in [0.05, 0.1) is 25.0 Å². The summed E-state index contributed by atoms with van der Waals surface area (Å²) in [6.45, 7) is 1.15. The number of rotatable bonds is 1. The van der Waals surface area contributed by atoms with Crippen LogP contribution in [0.4, 0.5) is 21.0 Å². The highest BCUT2D eigenvalue weighted by atomic mass is 16.5. The Hall–Kier alpha value is -3.42. The molecule has 2 aromatic carbocycles. The standard InChI is InChI=1S/C24H26N4O4/c1-31-21(29)27-13-11-23(15-7-3-5-9-17(15)25-19(23)27)24-12-14-28(22(30)32-2)20(24)26-18-10-6-4-8-16(18)24/h3-10,19-20,25-26H,11-14H2,1-2H3/t19-,20+,23+,24-. The first-order chi connectivity index (χ1) is 15.6. The lowest BCUT2D eigenvalue weighted by Crippen LogP contribution is -2.61. The molecule has 4 atom stereocenters. The zero-order valence-electron chi connectivity index (χ0n) is 18.1. The van der Waals surface area contributed by atoms with Crippen molar-refractivity contribution in [3.05, 3.63) is 59.7 Å². The fourth-order valence-corrected chi connectivity index (χ4v) is 6.96. The van der Waals surface area contributed by atoms with Crippen LogP contribution in [-0.4, -0.2) is 61.6 Å². The molecular weight excluding hydrogens is 408 g/mol. The Morgan fingerprint density at radius 1 is 0.781 bits per heavy atom. The van der Waals surface area contributed by atoms with E-state index in [0.29, 0.717) is 13.1 Å². The van der Waals surface area contributed by atoms with E-state index in [1.165, 1.54) is 25.3 Å². The van der Waals surface area contributed by atoms with Crippen LogP contribution < -0.4 is 10.6 Å². The van der Waals surface area contributed by atoms with Crippen LogP contribution in [0, 0.1) is 0 Å². The molecule has 2 fully saturated rings. The maximum Gasteiger partial charge on any atom is 0.411 e. The van der Waals surface area contributed by atoms with E-state index < -0.39 is 10.8 Å². The predicted octanol–water partition coefficient (Wildman–Crippen LogP) is 3.31. The Balaban J connectivity index is 1.61. The van der Waals surface area contributed by atoms with Crippen molar-refractivity contribution >= 4 is 23.6 Å². The molecule has 2 saturated heterocycles. The van der Waals surface area contributed by atoms with Crippen LogP contribution in [-0.2, 0) is 20.3 Å². The van der Waals surface area contributed by atoms with E-state index >= 15 is 0 Å². The lowest BCUT2D eigenvalue weighted by Gasteiger charge is -2.48. The molecule has 0 aliphatic carbocycles. The Morgan fingerprint density at radius 3 is 1.59 bits per heavy atom. The van der Waals surface area contributed by atoms with Gasteiger partial charge in [-0.2, -0.15) is 0 Å². The number of amides is 2. The number of nitrogens with one attached hydrogen (secondary N) is 2. The summed E-state index contributed by atoms with van der Waals surface area (Å²) in [5.74, 6) is 0. The number of hydrogen-bond acceptors (Lipinski definition) is 6. The number of hydrogen-bond donors (Lipinski definition) is 2. The summed E-state index contributed by atoms with van der Waals surface area (Å²) in [4.78, 5) is 29.2. The van der Waals surface area contributed by atoms with Crippen molar-refractivity contribution in [2.45, 2.75) is 36.0 Å². The molecule has 2 amide bonds. The number of benzene rings is 2. The largest absolute Gasteiger partial charge is 0.453 e. The molecule has 0 spiro atoms. The van der Waals surface area contributed by atoms with Gasteiger partial charge in [-0.3, -0.25) is 9.80 Å². The van der Waals surface area contributed by atoms with Crippen molar-refractivity contribution < 1.29 is 19.1 Å². The van der Waals surface area contributed by atoms with Gasteiger partial charge in [-0.05, 0) is 36.1 Å². The number of nitrogens with zero attached hydrogens (tertiary/aromatic N) is 2. The Labute approximate surface area is 186 Å². The van der Waals surface area contributed by atoms with Crippen molar-refractivity contribution in [1.82, 2.24) is 9.80 Å². The number of likely N-dealkylation sites (tertiary alicyclic amines) is 2. The molecule has 6 rings (SSSR count). The Bertz CT molecular complexity index is 1040. The fourth-order valence-electron chi connectivity index (χ4n) is 6.96. The molecule has 4 aliphatic heterocycles. The van der Waals surface area contributed by atoms with Gasteiger partial charge in [0.25, 0.3) is 0 Å². The summed E-state index contributed by atoms with van der Waals surface area (Å²) in [5, 5.41) is 7.28. The number of ether oxygens (including phenoxy) is 2. The summed E-state index contributed by atoms with van der Waals surface area (Å²) in [7, 11) is 2.85. The van der Waals surface area contributed by atoms with E-state index in [-0.39, 0.29) is 24.5 Å². The van der Waals surface area contributed by atoms with Crippen LogP contribution in [0.25, 0.3) is 0 Å². The third-order valence-electron chi connectivity index (χ3n) is 8.07. The van der Waals surface area contributed by atoms with E-state index in [1.807, 2.05) is 12.1 Å². The van der Waals surface area contributed by atoms with Gasteiger partial charge in [0.15, 0.2) is 0 Å². The lowest BCUT2D eigenvalue weighted by atomic mass is 9.55. The monoisotopic (exact) mass is 434 g/mol. The quantitative estimate of drug-likeness (QED) is 0.717. The third kappa shape index (κ3) is 2.07. The highest BCUT2D eigenvalue weighted by Gasteiger charge is 2.73. The van der Waals surface area contributed by atoms with Crippen LogP contribution >= 0.6 is 0 Å². The molecule has 8 heteroatoms. The van der Waals surface area contributed by atoms with Crippen LogP contribution in [0.2, 0.25) is 0 Å². The summed E-state index contributed by atoms with van der Waals surface area (Å²) in [6.07, 6.45) is 0.288. The highest BCUT2D eigenvalue weighted by Crippen LogP contribution is 2.66. The zero-order chi connectivity index (χ0) is 22.1. The maximum atomic E-state index is 12.8. The molecule has 0 unspecified atom stereocenters. The fraction of sp³-hybridized carbons (Fsp3) is 0.417. The van der Waals surface area contributed by atoms with E-state index in [2.05, 4.69) is 47.0 Å². The van der Waals surface area contributed by atoms with E-state index in [9.17, 15) is 9.59 Å². The van der Waals surface area contributed by atoms with Crippen molar-refractivity contribution in [2.24, 2.45) is 0 Å². The SMILES string of the molecule is COC(=O)N1CC[C@]2([C@@]34CCN(C(=O)OC)[C@@H]3Nc3ccccc34)c3ccccc3N[C@H]12. The molecular formula is C24H26N4O4. The van der Waals surface area contributed by atoms with Crippen LogP contribution in [0.15, 0.2) is 48.5 Å². The Morgan fingerprint density at radius 2 is 1.19 bits per heavy atom. The average molecular weight is 434 g/mol. The van der Waals surface area contributed by atoms with Crippen LogP contribution in [0.3, 0.4) is 0 Å². The molecule has 0 aromatic heterocycles. The summed E-state index contributed by atoms with van der Waals surface area (Å²) in [6, 6.07) is 16.6. The second kappa shape index (κ2) is 6.54. The molecule has 4 heterocycles. The molecule has 0 bridgehead atoms. The van der Waals surface area contributed by atoms with Gasteiger partial charge in [0.1, 0.15) is 12.3 Å². The second-order valence-corrected chi connectivity index (χ2v) is 8.95. The zero-order valence-corrected chi connectivity index (χ0v) is 18.1. The molecule has 2 aromatic rings. The summed E-state index contributed by atoms with van der Waals surface area (Å²) < 4.78 is 10.3. The van der Waals surface area contributed by atoms with Gasteiger partial charge in [0, 0.05) is 24.5 Å². The number of methoxy groups -OCH3 is 2. The topological polar surface area (TPSA) is 83.1 Å². The van der Waals surface area contributed by atoms with Gasteiger partial charge in [0.2, 0.25) is 0 Å². The smallest absolute Gasteiger partial charge is 0.411 e. The molecule has 2 N–H and O–H groups in total. The first-order valence-corrected chi connectivity index (χ1v) is 11.0. The average Bonchev–Trinajstić information content (AvgIpc) is 3.54. The number of fused-ring (bicyclic) bond motifs is 7. The first kappa shape index (κ1) is 19.3. The van der Waals surface area contributed by atoms with Gasteiger partial charge >= 0.3 is 12.2 Å². The minimum absolute atomic E-state index is 0.277. The molecule has 0 radical (unpaired) electrons. The number of anilines is 2. The number of para-hydroxylation sites is 2. The van der Waals surface area contributed by atoms with Crippen LogP contribution in [0.1, 0.15) is 24.0 Å². The van der Waals surface area contributed by atoms with Gasteiger partial charge in [-0.25, -0.2) is 9.59 Å². The summed E-state index contributed by atoms with van der Waals surface area (Å²) in [5.41, 5.74) is 3.55. The molecule has 4 aliphatic rings. The molecule has 32 heavy (non-hydrogen) atoms. The van der Waals surface area contributed by atoms with Crippen molar-refractivity contribution in [2.75, 3.05) is 37.9 Å². The number of carbonyl (C=O) groups excluding carboxylic acids is 2. The minimum atomic E-state index is -0.440. The van der Waals surface area contributed by atoms with Gasteiger partial charge in [-0.1, -0.05) is 36.4 Å². The maximum absolute atomic E-state index is 12.8. The number of carbonyl (C=O) groups is 2. The summed E-state index contributed by atoms with van der Waals surface area (Å²) >= 11 is 0. The predicted molar refractivity (Wildman–Crippen MR) is 119 cm³/mol. The Kier molecular flexibility index (Phi) is 3.94. The lowest BCUT2D eigenvalue weighted by molar-refractivity contribution is 0.0908. The molecule has 0 saturated carbocycles. The van der Waals surface area contributed by atoms with Gasteiger partial charge in [-0.15, -0.1) is 0 Å². The molecule has 8 nitrogen and oxygen atoms in total.